The number of hydrogen-bond acceptors (Lipinski definition) is 6. The first kappa shape index (κ1) is 23.7. The molecule has 0 radical (unpaired) electrons. The van der Waals surface area contributed by atoms with Gasteiger partial charge < -0.3 is 10.2 Å². The van der Waals surface area contributed by atoms with E-state index in [4.69, 9.17) is 16.6 Å². The number of rotatable bonds is 8. The highest BCUT2D eigenvalue weighted by molar-refractivity contribution is 7.89. The van der Waals surface area contributed by atoms with E-state index in [1.165, 1.54) is 6.07 Å². The Morgan fingerprint density at radius 2 is 1.67 bits per heavy atom. The number of aromatic nitrogens is 2. The Hall–Kier alpha value is -2.42. The second-order valence-electron chi connectivity index (χ2n) is 8.86. The minimum absolute atomic E-state index is 0.209. The largest absolute Gasteiger partial charge is 0.362 e. The van der Waals surface area contributed by atoms with Crippen LogP contribution in [-0.2, 0) is 10.0 Å². The molecule has 0 bridgehead atoms. The predicted octanol–water partition coefficient (Wildman–Crippen LogP) is 4.55. The Kier molecular flexibility index (Phi) is 7.36. The van der Waals surface area contributed by atoms with Crippen molar-refractivity contribution >= 4 is 44.3 Å². The van der Waals surface area contributed by atoms with Gasteiger partial charge in [-0.3, -0.25) is 0 Å². The number of fused-ring (bicyclic) bond motifs is 1. The molecule has 33 heavy (non-hydrogen) atoms. The summed E-state index contributed by atoms with van der Waals surface area (Å²) in [4.78, 5) is 11.6. The van der Waals surface area contributed by atoms with Crippen molar-refractivity contribution in [3.05, 3.63) is 53.6 Å². The summed E-state index contributed by atoms with van der Waals surface area (Å²) in [5.41, 5.74) is 0.925. The third kappa shape index (κ3) is 5.93. The average Bonchev–Trinajstić information content (AvgIpc) is 2.81. The van der Waals surface area contributed by atoms with Gasteiger partial charge in [0.05, 0.1) is 10.4 Å². The molecule has 1 aromatic heterocycles. The number of halogens is 1. The minimum atomic E-state index is -3.54. The van der Waals surface area contributed by atoms with Crippen molar-refractivity contribution in [2.75, 3.05) is 37.4 Å². The van der Waals surface area contributed by atoms with Crippen LogP contribution in [0, 0.1) is 11.8 Å². The molecule has 1 fully saturated rings. The molecule has 3 aromatic rings. The number of benzene rings is 2. The molecule has 9 heteroatoms. The van der Waals surface area contributed by atoms with Crippen molar-refractivity contribution in [3.63, 3.8) is 0 Å². The standard InChI is InChI=1S/C24H30ClN5O2S/c1-30(2)23-21-8-3-4-9-22(21)28-24(29-23)26-15-17-10-12-18(13-11-17)16-27-33(31,32)20-7-5-6-19(25)14-20/h3-9,14,17-18,27H,10-13,15-16H2,1-2H3,(H,26,28,29). The highest BCUT2D eigenvalue weighted by Gasteiger charge is 2.23. The summed E-state index contributed by atoms with van der Waals surface area (Å²) in [5, 5.41) is 4.88. The monoisotopic (exact) mass is 487 g/mol. The lowest BCUT2D eigenvalue weighted by Gasteiger charge is -2.28. The van der Waals surface area contributed by atoms with Crippen molar-refractivity contribution < 1.29 is 8.42 Å². The van der Waals surface area contributed by atoms with Gasteiger partial charge in [-0.05, 0) is 67.9 Å². The molecule has 7 nitrogen and oxygen atoms in total. The zero-order valence-corrected chi connectivity index (χ0v) is 20.5. The van der Waals surface area contributed by atoms with E-state index in [9.17, 15) is 8.42 Å². The van der Waals surface area contributed by atoms with E-state index < -0.39 is 10.0 Å². The fraction of sp³-hybridized carbons (Fsp3) is 0.417. The SMILES string of the molecule is CN(C)c1nc(NCC2CCC(CNS(=O)(=O)c3cccc(Cl)c3)CC2)nc2ccccc12. The maximum atomic E-state index is 12.5. The first-order valence-corrected chi connectivity index (χ1v) is 13.1. The van der Waals surface area contributed by atoms with Gasteiger partial charge >= 0.3 is 0 Å². The Bertz CT molecular complexity index is 1210. The highest BCUT2D eigenvalue weighted by atomic mass is 35.5. The fourth-order valence-corrected chi connectivity index (χ4v) is 5.72. The lowest BCUT2D eigenvalue weighted by atomic mass is 9.82. The molecule has 0 aliphatic heterocycles. The Morgan fingerprint density at radius 3 is 2.36 bits per heavy atom. The lowest BCUT2D eigenvalue weighted by Crippen LogP contribution is -2.32. The van der Waals surface area contributed by atoms with Crippen LogP contribution in [0.25, 0.3) is 10.9 Å². The average molecular weight is 488 g/mol. The number of nitrogens with one attached hydrogen (secondary N) is 2. The van der Waals surface area contributed by atoms with E-state index in [0.29, 0.717) is 29.4 Å². The van der Waals surface area contributed by atoms with Gasteiger partial charge in [0.15, 0.2) is 0 Å². The zero-order valence-electron chi connectivity index (χ0n) is 19.0. The van der Waals surface area contributed by atoms with Crippen LogP contribution in [0.5, 0.6) is 0 Å². The van der Waals surface area contributed by atoms with Crippen molar-refractivity contribution in [2.24, 2.45) is 11.8 Å². The molecule has 2 N–H and O–H groups in total. The van der Waals surface area contributed by atoms with Gasteiger partial charge in [0.25, 0.3) is 0 Å². The van der Waals surface area contributed by atoms with Crippen LogP contribution in [0.1, 0.15) is 25.7 Å². The second-order valence-corrected chi connectivity index (χ2v) is 11.1. The van der Waals surface area contributed by atoms with Crippen molar-refractivity contribution in [1.82, 2.24) is 14.7 Å². The molecule has 0 atom stereocenters. The molecule has 176 valence electrons. The normalized spacial score (nSPS) is 18.9. The molecule has 0 unspecified atom stereocenters. The number of hydrogen-bond donors (Lipinski definition) is 2. The summed E-state index contributed by atoms with van der Waals surface area (Å²) < 4.78 is 27.8. The number of nitrogens with zero attached hydrogens (tertiary/aromatic N) is 3. The van der Waals surface area contributed by atoms with Crippen molar-refractivity contribution in [3.8, 4) is 0 Å². The summed E-state index contributed by atoms with van der Waals surface area (Å²) in [7, 11) is 0.435. The van der Waals surface area contributed by atoms with Crippen molar-refractivity contribution in [1.29, 1.82) is 0 Å². The first-order chi connectivity index (χ1) is 15.8. The maximum Gasteiger partial charge on any atom is 0.240 e. The molecule has 0 amide bonds. The molecule has 0 saturated heterocycles. The van der Waals surface area contributed by atoms with Crippen LogP contribution in [0.2, 0.25) is 5.02 Å². The number of sulfonamides is 1. The highest BCUT2D eigenvalue weighted by Crippen LogP contribution is 2.29. The van der Waals surface area contributed by atoms with Crippen LogP contribution in [0.4, 0.5) is 11.8 Å². The molecule has 1 aliphatic rings. The fourth-order valence-electron chi connectivity index (χ4n) is 4.30. The van der Waals surface area contributed by atoms with E-state index in [1.54, 1.807) is 18.2 Å². The minimum Gasteiger partial charge on any atom is -0.362 e. The molecule has 1 aliphatic carbocycles. The third-order valence-corrected chi connectivity index (χ3v) is 7.85. The summed E-state index contributed by atoms with van der Waals surface area (Å²) in [6.45, 7) is 1.27. The van der Waals surface area contributed by atoms with E-state index in [2.05, 4.69) is 15.0 Å². The molecule has 1 saturated carbocycles. The molecular formula is C24H30ClN5O2S. The Morgan fingerprint density at radius 1 is 0.970 bits per heavy atom. The van der Waals surface area contributed by atoms with Gasteiger partial charge in [0.2, 0.25) is 16.0 Å². The van der Waals surface area contributed by atoms with Gasteiger partial charge in [0, 0.05) is 37.6 Å². The predicted molar refractivity (Wildman–Crippen MR) is 134 cm³/mol. The van der Waals surface area contributed by atoms with Crippen LogP contribution < -0.4 is 14.9 Å². The van der Waals surface area contributed by atoms with Crippen LogP contribution in [0.15, 0.2) is 53.4 Å². The summed E-state index contributed by atoms with van der Waals surface area (Å²) in [5.74, 6) is 2.41. The molecule has 4 rings (SSSR count). The molecule has 2 aromatic carbocycles. The zero-order chi connectivity index (χ0) is 23.4. The van der Waals surface area contributed by atoms with Gasteiger partial charge in [-0.2, -0.15) is 4.98 Å². The van der Waals surface area contributed by atoms with E-state index >= 15 is 0 Å². The quantitative estimate of drug-likeness (QED) is 0.485. The van der Waals surface area contributed by atoms with E-state index in [1.807, 2.05) is 43.3 Å². The maximum absolute atomic E-state index is 12.5. The van der Waals surface area contributed by atoms with Crippen LogP contribution in [0.3, 0.4) is 0 Å². The van der Waals surface area contributed by atoms with Crippen LogP contribution in [-0.4, -0.2) is 45.6 Å². The summed E-state index contributed by atoms with van der Waals surface area (Å²) >= 11 is 5.93. The molecular weight excluding hydrogens is 458 g/mol. The topological polar surface area (TPSA) is 87.2 Å². The van der Waals surface area contributed by atoms with Gasteiger partial charge in [-0.15, -0.1) is 0 Å². The van der Waals surface area contributed by atoms with Gasteiger partial charge in [0.1, 0.15) is 5.82 Å². The second kappa shape index (κ2) is 10.2. The smallest absolute Gasteiger partial charge is 0.240 e. The third-order valence-electron chi connectivity index (χ3n) is 6.19. The lowest BCUT2D eigenvalue weighted by molar-refractivity contribution is 0.284. The first-order valence-electron chi connectivity index (χ1n) is 11.2. The van der Waals surface area contributed by atoms with Crippen LogP contribution >= 0.6 is 11.6 Å². The van der Waals surface area contributed by atoms with E-state index in [-0.39, 0.29) is 4.90 Å². The number of anilines is 2. The Labute approximate surface area is 200 Å². The number of para-hydroxylation sites is 1. The summed E-state index contributed by atoms with van der Waals surface area (Å²) in [6, 6.07) is 14.4. The summed E-state index contributed by atoms with van der Waals surface area (Å²) in [6.07, 6.45) is 4.08. The Balaban J connectivity index is 1.29. The van der Waals surface area contributed by atoms with E-state index in [0.717, 1.165) is 48.9 Å². The molecule has 1 heterocycles. The van der Waals surface area contributed by atoms with Gasteiger partial charge in [-0.25, -0.2) is 18.1 Å². The molecule has 0 spiro atoms. The van der Waals surface area contributed by atoms with Crippen molar-refractivity contribution in [2.45, 2.75) is 30.6 Å². The van der Waals surface area contributed by atoms with Gasteiger partial charge in [-0.1, -0.05) is 29.8 Å².